The van der Waals surface area contributed by atoms with Crippen molar-refractivity contribution in [2.24, 2.45) is 4.99 Å². The molecule has 0 saturated heterocycles. The van der Waals surface area contributed by atoms with Crippen LogP contribution in [0.25, 0.3) is 10.9 Å². The van der Waals surface area contributed by atoms with Crippen LogP contribution in [0.15, 0.2) is 53.7 Å². The molecule has 1 aromatic heterocycles. The summed E-state index contributed by atoms with van der Waals surface area (Å²) in [6, 6.07) is 11.0. The standard InChI is InChI=1S/C22H19F3N2S/c1-22(2)11-17(9-13-3-6-16(23)7-4-13)27-21(28-22)15-10-14-5-8-18(24)19(25)20(14)26-12-15/h3-8,10,12,17H,9,11H2,1-2H3. The van der Waals surface area contributed by atoms with E-state index in [2.05, 4.69) is 18.8 Å². The predicted molar refractivity (Wildman–Crippen MR) is 108 cm³/mol. The lowest BCUT2D eigenvalue weighted by Crippen LogP contribution is -2.31. The molecule has 0 aliphatic carbocycles. The van der Waals surface area contributed by atoms with Gasteiger partial charge >= 0.3 is 0 Å². The highest BCUT2D eigenvalue weighted by Gasteiger charge is 2.31. The number of halogens is 3. The average Bonchev–Trinajstić information content (AvgIpc) is 2.65. The minimum atomic E-state index is -0.934. The topological polar surface area (TPSA) is 25.2 Å². The van der Waals surface area contributed by atoms with E-state index in [4.69, 9.17) is 4.99 Å². The second-order valence-electron chi connectivity index (χ2n) is 7.64. The first-order chi connectivity index (χ1) is 13.3. The van der Waals surface area contributed by atoms with E-state index in [0.29, 0.717) is 11.8 Å². The van der Waals surface area contributed by atoms with Gasteiger partial charge in [-0.2, -0.15) is 0 Å². The van der Waals surface area contributed by atoms with Gasteiger partial charge in [0.1, 0.15) is 16.4 Å². The van der Waals surface area contributed by atoms with Crippen LogP contribution in [0.3, 0.4) is 0 Å². The summed E-state index contributed by atoms with van der Waals surface area (Å²) in [5.74, 6) is -2.09. The fourth-order valence-corrected chi connectivity index (χ4v) is 4.74. The van der Waals surface area contributed by atoms with Gasteiger partial charge in [-0.05, 0) is 48.7 Å². The van der Waals surface area contributed by atoms with Crippen LogP contribution < -0.4 is 0 Å². The van der Waals surface area contributed by atoms with Crippen molar-refractivity contribution in [1.29, 1.82) is 0 Å². The summed E-state index contributed by atoms with van der Waals surface area (Å²) >= 11 is 1.66. The van der Waals surface area contributed by atoms with E-state index in [0.717, 1.165) is 28.7 Å². The van der Waals surface area contributed by atoms with E-state index in [1.807, 2.05) is 0 Å². The fourth-order valence-electron chi connectivity index (χ4n) is 3.51. The molecule has 0 bridgehead atoms. The number of benzene rings is 2. The first-order valence-corrected chi connectivity index (χ1v) is 9.88. The Labute approximate surface area is 165 Å². The quantitative estimate of drug-likeness (QED) is 0.545. The van der Waals surface area contributed by atoms with Gasteiger partial charge in [-0.1, -0.05) is 37.7 Å². The van der Waals surface area contributed by atoms with Crippen molar-refractivity contribution in [1.82, 2.24) is 4.98 Å². The Hall–Kier alpha value is -2.34. The Morgan fingerprint density at radius 2 is 1.82 bits per heavy atom. The monoisotopic (exact) mass is 400 g/mol. The third-order valence-corrected chi connectivity index (χ3v) is 6.03. The number of thioether (sulfide) groups is 1. The van der Waals surface area contributed by atoms with Crippen LogP contribution in [0, 0.1) is 17.5 Å². The van der Waals surface area contributed by atoms with Crippen LogP contribution >= 0.6 is 11.8 Å². The molecule has 1 atom stereocenters. The van der Waals surface area contributed by atoms with Gasteiger partial charge in [-0.3, -0.25) is 9.98 Å². The Balaban J connectivity index is 1.68. The number of fused-ring (bicyclic) bond motifs is 1. The highest BCUT2D eigenvalue weighted by atomic mass is 32.2. The summed E-state index contributed by atoms with van der Waals surface area (Å²) < 4.78 is 40.5. The maximum Gasteiger partial charge on any atom is 0.184 e. The Kier molecular flexibility index (Phi) is 4.91. The van der Waals surface area contributed by atoms with E-state index in [1.165, 1.54) is 18.2 Å². The molecule has 0 N–H and O–H groups in total. The van der Waals surface area contributed by atoms with Crippen LogP contribution in [-0.2, 0) is 6.42 Å². The van der Waals surface area contributed by atoms with Crippen molar-refractivity contribution < 1.29 is 13.2 Å². The van der Waals surface area contributed by atoms with E-state index in [1.54, 1.807) is 36.2 Å². The Morgan fingerprint density at radius 1 is 1.07 bits per heavy atom. The maximum atomic E-state index is 13.9. The molecule has 6 heteroatoms. The molecule has 1 aliphatic heterocycles. The van der Waals surface area contributed by atoms with E-state index in [9.17, 15) is 13.2 Å². The van der Waals surface area contributed by atoms with Crippen molar-refractivity contribution in [3.05, 3.63) is 77.2 Å². The molecule has 0 radical (unpaired) electrons. The van der Waals surface area contributed by atoms with Crippen LogP contribution in [0.2, 0.25) is 0 Å². The molecule has 28 heavy (non-hydrogen) atoms. The lowest BCUT2D eigenvalue weighted by Gasteiger charge is -2.33. The van der Waals surface area contributed by atoms with Gasteiger partial charge < -0.3 is 0 Å². The van der Waals surface area contributed by atoms with E-state index < -0.39 is 11.6 Å². The molecule has 0 fully saturated rings. The lowest BCUT2D eigenvalue weighted by atomic mass is 9.96. The molecule has 0 saturated carbocycles. The second kappa shape index (κ2) is 7.24. The van der Waals surface area contributed by atoms with Crippen molar-refractivity contribution in [3.63, 3.8) is 0 Å². The van der Waals surface area contributed by atoms with Gasteiger partial charge in [0, 0.05) is 21.9 Å². The third-order valence-electron chi connectivity index (χ3n) is 4.78. The third kappa shape index (κ3) is 3.92. The van der Waals surface area contributed by atoms with Crippen molar-refractivity contribution >= 4 is 27.7 Å². The molecule has 0 amide bonds. The number of hydrogen-bond acceptors (Lipinski definition) is 3. The first-order valence-electron chi connectivity index (χ1n) is 9.06. The maximum absolute atomic E-state index is 13.9. The molecule has 1 aliphatic rings. The zero-order chi connectivity index (χ0) is 19.9. The predicted octanol–water partition coefficient (Wildman–Crippen LogP) is 5.93. The molecular formula is C22H19F3N2S. The van der Waals surface area contributed by atoms with Gasteiger partial charge in [0.25, 0.3) is 0 Å². The van der Waals surface area contributed by atoms with Gasteiger partial charge in [0.2, 0.25) is 0 Å². The van der Waals surface area contributed by atoms with Gasteiger partial charge in [-0.25, -0.2) is 13.2 Å². The highest BCUT2D eigenvalue weighted by molar-refractivity contribution is 8.15. The minimum absolute atomic E-state index is 0.0206. The summed E-state index contributed by atoms with van der Waals surface area (Å²) in [7, 11) is 0. The summed E-state index contributed by atoms with van der Waals surface area (Å²) in [4.78, 5) is 9.02. The normalized spacial score (nSPS) is 18.9. The zero-order valence-electron chi connectivity index (χ0n) is 15.5. The van der Waals surface area contributed by atoms with Crippen LogP contribution in [-0.4, -0.2) is 20.8 Å². The molecule has 1 unspecified atom stereocenters. The summed E-state index contributed by atoms with van der Waals surface area (Å²) in [6.07, 6.45) is 3.15. The van der Waals surface area contributed by atoms with Gasteiger partial charge in [-0.15, -0.1) is 0 Å². The van der Waals surface area contributed by atoms with E-state index in [-0.39, 0.29) is 22.1 Å². The first kappa shape index (κ1) is 19.0. The fraction of sp³-hybridized carbons (Fsp3) is 0.273. The molecule has 2 aromatic carbocycles. The van der Waals surface area contributed by atoms with Gasteiger partial charge in [0.15, 0.2) is 11.6 Å². The number of nitrogens with zero attached hydrogens (tertiary/aromatic N) is 2. The Bertz CT molecular complexity index is 1060. The highest BCUT2D eigenvalue weighted by Crippen LogP contribution is 2.39. The van der Waals surface area contributed by atoms with Crippen molar-refractivity contribution in [3.8, 4) is 0 Å². The average molecular weight is 400 g/mol. The smallest absolute Gasteiger partial charge is 0.184 e. The number of aliphatic imine (C=N–C) groups is 1. The lowest BCUT2D eigenvalue weighted by molar-refractivity contribution is 0.515. The molecular weight excluding hydrogens is 381 g/mol. The molecule has 0 spiro atoms. The summed E-state index contributed by atoms with van der Waals surface area (Å²) in [6.45, 7) is 4.32. The number of pyridine rings is 1. The van der Waals surface area contributed by atoms with Gasteiger partial charge in [0.05, 0.1) is 6.04 Å². The van der Waals surface area contributed by atoms with Crippen LogP contribution in [0.5, 0.6) is 0 Å². The zero-order valence-corrected chi connectivity index (χ0v) is 16.4. The van der Waals surface area contributed by atoms with Crippen LogP contribution in [0.4, 0.5) is 13.2 Å². The second-order valence-corrected chi connectivity index (χ2v) is 9.34. The molecule has 3 aromatic rings. The molecule has 2 heterocycles. The summed E-state index contributed by atoms with van der Waals surface area (Å²) in [5.41, 5.74) is 1.85. The molecule has 4 rings (SSSR count). The molecule has 144 valence electrons. The van der Waals surface area contributed by atoms with Crippen molar-refractivity contribution in [2.45, 2.75) is 37.5 Å². The van der Waals surface area contributed by atoms with Crippen molar-refractivity contribution in [2.75, 3.05) is 0 Å². The Morgan fingerprint density at radius 3 is 2.57 bits per heavy atom. The number of rotatable bonds is 3. The number of hydrogen-bond donors (Lipinski definition) is 0. The minimum Gasteiger partial charge on any atom is -0.274 e. The summed E-state index contributed by atoms with van der Waals surface area (Å²) in [5, 5.41) is 1.38. The van der Waals surface area contributed by atoms with E-state index >= 15 is 0 Å². The van der Waals surface area contributed by atoms with Crippen LogP contribution in [0.1, 0.15) is 31.4 Å². The largest absolute Gasteiger partial charge is 0.274 e. The SMILES string of the molecule is CC1(C)CC(Cc2ccc(F)cc2)N=C(c2cnc3c(F)c(F)ccc3c2)S1. The molecule has 2 nitrogen and oxygen atoms in total. The number of aromatic nitrogens is 1.